The van der Waals surface area contributed by atoms with E-state index in [2.05, 4.69) is 46.2 Å². The maximum atomic E-state index is 13.4. The van der Waals surface area contributed by atoms with Gasteiger partial charge in [0.1, 0.15) is 0 Å². The minimum atomic E-state index is -0.166. The molecule has 0 unspecified atom stereocenters. The van der Waals surface area contributed by atoms with Crippen molar-refractivity contribution in [2.24, 2.45) is 0 Å². The SMILES string of the molecule is Cc1[nH]c2ccc(CNC(=O)c3cc(-c4ccccc4)cnc3-c3cccnc3)cc2c1C. The fraction of sp³-hybridized carbons (Fsp3) is 0.107. The van der Waals surface area contributed by atoms with Gasteiger partial charge in [-0.3, -0.25) is 14.8 Å². The van der Waals surface area contributed by atoms with Gasteiger partial charge >= 0.3 is 0 Å². The van der Waals surface area contributed by atoms with Gasteiger partial charge in [0.2, 0.25) is 0 Å². The number of hydrogen-bond acceptors (Lipinski definition) is 3. The topological polar surface area (TPSA) is 70.7 Å². The monoisotopic (exact) mass is 432 g/mol. The minimum Gasteiger partial charge on any atom is -0.358 e. The lowest BCUT2D eigenvalue weighted by Gasteiger charge is -2.12. The molecule has 0 aliphatic heterocycles. The van der Waals surface area contributed by atoms with E-state index in [1.165, 1.54) is 10.9 Å². The van der Waals surface area contributed by atoms with Crippen molar-refractivity contribution in [1.82, 2.24) is 20.3 Å². The molecule has 0 spiro atoms. The smallest absolute Gasteiger partial charge is 0.253 e. The average Bonchev–Trinajstić information content (AvgIpc) is 3.16. The summed E-state index contributed by atoms with van der Waals surface area (Å²) >= 11 is 0. The highest BCUT2D eigenvalue weighted by molar-refractivity contribution is 6.01. The fourth-order valence-electron chi connectivity index (χ4n) is 4.06. The number of nitrogens with one attached hydrogen (secondary N) is 2. The van der Waals surface area contributed by atoms with Crippen molar-refractivity contribution < 1.29 is 4.79 Å². The van der Waals surface area contributed by atoms with Gasteiger partial charge in [-0.1, -0.05) is 36.4 Å². The molecule has 0 saturated carbocycles. The summed E-state index contributed by atoms with van der Waals surface area (Å²) in [6.45, 7) is 4.61. The molecule has 33 heavy (non-hydrogen) atoms. The number of fused-ring (bicyclic) bond motifs is 1. The van der Waals surface area contributed by atoms with Crippen molar-refractivity contribution in [1.29, 1.82) is 0 Å². The zero-order valence-corrected chi connectivity index (χ0v) is 18.6. The zero-order valence-electron chi connectivity index (χ0n) is 18.6. The van der Waals surface area contributed by atoms with Crippen LogP contribution in [-0.2, 0) is 6.54 Å². The number of H-pyrrole nitrogens is 1. The number of carbonyl (C=O) groups is 1. The van der Waals surface area contributed by atoms with Crippen LogP contribution in [0.5, 0.6) is 0 Å². The van der Waals surface area contributed by atoms with E-state index in [1.54, 1.807) is 18.6 Å². The lowest BCUT2D eigenvalue weighted by molar-refractivity contribution is 0.0951. The highest BCUT2D eigenvalue weighted by Gasteiger charge is 2.16. The van der Waals surface area contributed by atoms with Crippen molar-refractivity contribution in [3.63, 3.8) is 0 Å². The number of amides is 1. The minimum absolute atomic E-state index is 0.166. The number of carbonyl (C=O) groups excluding carboxylic acids is 1. The Morgan fingerprint density at radius 1 is 0.909 bits per heavy atom. The van der Waals surface area contributed by atoms with Crippen LogP contribution in [0.15, 0.2) is 85.3 Å². The Hall–Kier alpha value is -4.25. The van der Waals surface area contributed by atoms with Crippen molar-refractivity contribution >= 4 is 16.8 Å². The Kier molecular flexibility index (Phi) is 5.45. The molecule has 3 heterocycles. The maximum absolute atomic E-state index is 13.4. The third kappa shape index (κ3) is 4.13. The van der Waals surface area contributed by atoms with E-state index in [0.29, 0.717) is 17.8 Å². The molecule has 0 saturated heterocycles. The molecule has 162 valence electrons. The molecule has 0 fully saturated rings. The van der Waals surface area contributed by atoms with E-state index in [9.17, 15) is 4.79 Å². The Labute approximate surface area is 192 Å². The maximum Gasteiger partial charge on any atom is 0.253 e. The first-order valence-electron chi connectivity index (χ1n) is 10.9. The first-order valence-corrected chi connectivity index (χ1v) is 10.9. The van der Waals surface area contributed by atoms with Crippen LogP contribution in [0, 0.1) is 13.8 Å². The van der Waals surface area contributed by atoms with Gasteiger partial charge in [0.05, 0.1) is 11.3 Å². The van der Waals surface area contributed by atoms with Gasteiger partial charge in [0.25, 0.3) is 5.91 Å². The molecular weight excluding hydrogens is 408 g/mol. The van der Waals surface area contributed by atoms with E-state index in [4.69, 9.17) is 0 Å². The van der Waals surface area contributed by atoms with Gasteiger partial charge < -0.3 is 10.3 Å². The molecule has 0 bridgehead atoms. The van der Waals surface area contributed by atoms with E-state index >= 15 is 0 Å². The van der Waals surface area contributed by atoms with Crippen LogP contribution in [0.2, 0.25) is 0 Å². The highest BCUT2D eigenvalue weighted by Crippen LogP contribution is 2.27. The van der Waals surface area contributed by atoms with Gasteiger partial charge in [-0.05, 0) is 60.9 Å². The largest absolute Gasteiger partial charge is 0.358 e. The van der Waals surface area contributed by atoms with E-state index in [0.717, 1.165) is 33.5 Å². The van der Waals surface area contributed by atoms with E-state index in [-0.39, 0.29) is 5.91 Å². The van der Waals surface area contributed by atoms with Crippen LogP contribution >= 0.6 is 0 Å². The summed E-state index contributed by atoms with van der Waals surface area (Å²) in [5.74, 6) is -0.166. The Morgan fingerprint density at radius 2 is 1.73 bits per heavy atom. The summed E-state index contributed by atoms with van der Waals surface area (Å²) in [7, 11) is 0. The predicted molar refractivity (Wildman–Crippen MR) is 132 cm³/mol. The predicted octanol–water partition coefficient (Wildman–Crippen LogP) is 5.84. The molecular formula is C28H24N4O. The molecule has 0 aliphatic rings. The molecule has 5 nitrogen and oxygen atoms in total. The molecule has 2 aromatic carbocycles. The number of rotatable bonds is 5. The van der Waals surface area contributed by atoms with Crippen molar-refractivity contribution in [2.75, 3.05) is 0 Å². The number of pyridine rings is 2. The molecule has 0 atom stereocenters. The van der Waals surface area contributed by atoms with Crippen LogP contribution in [0.25, 0.3) is 33.3 Å². The van der Waals surface area contributed by atoms with Crippen LogP contribution in [0.4, 0.5) is 0 Å². The molecule has 5 rings (SSSR count). The number of aryl methyl sites for hydroxylation is 2. The second-order valence-corrected chi connectivity index (χ2v) is 8.17. The molecule has 0 radical (unpaired) electrons. The number of nitrogens with zero attached hydrogens (tertiary/aromatic N) is 2. The van der Waals surface area contributed by atoms with E-state index in [1.807, 2.05) is 54.6 Å². The van der Waals surface area contributed by atoms with E-state index < -0.39 is 0 Å². The summed E-state index contributed by atoms with van der Waals surface area (Å²) in [6, 6.07) is 21.9. The van der Waals surface area contributed by atoms with Gasteiger partial charge in [-0.15, -0.1) is 0 Å². The first-order chi connectivity index (χ1) is 16.1. The Bertz CT molecular complexity index is 1440. The lowest BCUT2D eigenvalue weighted by atomic mass is 10.0. The second-order valence-electron chi connectivity index (χ2n) is 8.17. The normalized spacial score (nSPS) is 11.0. The van der Waals surface area contributed by atoms with Crippen LogP contribution < -0.4 is 5.32 Å². The number of hydrogen-bond donors (Lipinski definition) is 2. The molecule has 3 aromatic heterocycles. The quantitative estimate of drug-likeness (QED) is 0.367. The third-order valence-corrected chi connectivity index (χ3v) is 6.00. The molecule has 0 aliphatic carbocycles. The summed E-state index contributed by atoms with van der Waals surface area (Å²) in [5, 5.41) is 4.27. The summed E-state index contributed by atoms with van der Waals surface area (Å²) < 4.78 is 0. The number of aromatic nitrogens is 3. The third-order valence-electron chi connectivity index (χ3n) is 6.00. The fourth-order valence-corrected chi connectivity index (χ4v) is 4.06. The Morgan fingerprint density at radius 3 is 2.52 bits per heavy atom. The first kappa shape index (κ1) is 20.6. The number of benzene rings is 2. The van der Waals surface area contributed by atoms with Crippen molar-refractivity contribution in [3.8, 4) is 22.4 Å². The highest BCUT2D eigenvalue weighted by atomic mass is 16.1. The molecule has 2 N–H and O–H groups in total. The lowest BCUT2D eigenvalue weighted by Crippen LogP contribution is -2.24. The molecule has 5 heteroatoms. The number of aromatic amines is 1. The summed E-state index contributed by atoms with van der Waals surface area (Å²) in [4.78, 5) is 25.6. The average molecular weight is 433 g/mol. The second kappa shape index (κ2) is 8.71. The summed E-state index contributed by atoms with van der Waals surface area (Å²) in [5.41, 5.74) is 8.42. The van der Waals surface area contributed by atoms with Crippen LogP contribution in [0.3, 0.4) is 0 Å². The van der Waals surface area contributed by atoms with Gasteiger partial charge in [-0.25, -0.2) is 0 Å². The van der Waals surface area contributed by atoms with Crippen molar-refractivity contribution in [2.45, 2.75) is 20.4 Å². The Balaban J connectivity index is 1.47. The van der Waals surface area contributed by atoms with Gasteiger partial charge in [0.15, 0.2) is 0 Å². The van der Waals surface area contributed by atoms with Crippen LogP contribution in [0.1, 0.15) is 27.2 Å². The van der Waals surface area contributed by atoms with Crippen molar-refractivity contribution in [3.05, 3.63) is 108 Å². The zero-order chi connectivity index (χ0) is 22.8. The standard InChI is InChI=1S/C28H24N4O/c1-18-19(2)32-26-11-10-20(13-24(18)26)15-31-28(33)25-14-23(21-7-4-3-5-8-21)17-30-27(25)22-9-6-12-29-16-22/h3-14,16-17,32H,15H2,1-2H3,(H,31,33). The van der Waals surface area contributed by atoms with Crippen LogP contribution in [-0.4, -0.2) is 20.9 Å². The summed E-state index contributed by atoms with van der Waals surface area (Å²) in [6.07, 6.45) is 5.24. The van der Waals surface area contributed by atoms with Gasteiger partial charge in [0, 0.05) is 52.9 Å². The van der Waals surface area contributed by atoms with Gasteiger partial charge in [-0.2, -0.15) is 0 Å². The molecule has 1 amide bonds. The molecule has 5 aromatic rings.